The first kappa shape index (κ1) is 22.6. The number of carbonyl (C=O) groups excluding carboxylic acids is 2. The topological polar surface area (TPSA) is 69.6 Å². The molecule has 0 aromatic heterocycles. The summed E-state index contributed by atoms with van der Waals surface area (Å²) in [5.41, 5.74) is 1.42. The first-order valence-corrected chi connectivity index (χ1v) is 10.7. The zero-order valence-electron chi connectivity index (χ0n) is 17.1. The zero-order chi connectivity index (χ0) is 21.9. The van der Waals surface area contributed by atoms with E-state index in [-0.39, 0.29) is 17.2 Å². The third kappa shape index (κ3) is 5.15. The molecule has 30 heavy (non-hydrogen) atoms. The molecule has 1 unspecified atom stereocenters. The molecule has 0 radical (unpaired) electrons. The SMILES string of the molecule is CC1(C)CN(C(=O)[C@@H](CO)NC(=O)c2ccc(Cl)cc2)CCC1c1ccc(Cl)cc1. The number of nitrogens with zero attached hydrogens (tertiary/aromatic N) is 1. The standard InChI is InChI=1S/C23H26Cl2N2O3/c1-23(2)14-27(12-11-19(23)15-3-7-17(24)8-4-15)22(30)20(13-28)26-21(29)16-5-9-18(25)10-6-16/h3-10,19-20,28H,11-14H2,1-2H3,(H,26,29)/t19?,20-/m1/s1. The van der Waals surface area contributed by atoms with Gasteiger partial charge >= 0.3 is 0 Å². The summed E-state index contributed by atoms with van der Waals surface area (Å²) < 4.78 is 0. The second-order valence-electron chi connectivity index (χ2n) is 8.36. The summed E-state index contributed by atoms with van der Waals surface area (Å²) in [5.74, 6) is -0.410. The summed E-state index contributed by atoms with van der Waals surface area (Å²) in [6.45, 7) is 4.89. The molecule has 3 rings (SSSR count). The van der Waals surface area contributed by atoms with E-state index in [2.05, 4.69) is 19.2 Å². The number of amides is 2. The van der Waals surface area contributed by atoms with E-state index in [1.54, 1.807) is 29.2 Å². The van der Waals surface area contributed by atoms with Crippen LogP contribution in [0.5, 0.6) is 0 Å². The fourth-order valence-corrected chi connectivity index (χ4v) is 4.36. The van der Waals surface area contributed by atoms with Crippen molar-refractivity contribution in [1.82, 2.24) is 10.2 Å². The van der Waals surface area contributed by atoms with Crippen molar-refractivity contribution in [2.24, 2.45) is 5.41 Å². The molecule has 2 amide bonds. The Hall–Kier alpha value is -2.08. The highest BCUT2D eigenvalue weighted by molar-refractivity contribution is 6.30. The van der Waals surface area contributed by atoms with Crippen LogP contribution in [-0.2, 0) is 4.79 Å². The smallest absolute Gasteiger partial charge is 0.251 e. The number of hydrogen-bond donors (Lipinski definition) is 2. The summed E-state index contributed by atoms with van der Waals surface area (Å²) in [5, 5.41) is 13.6. The van der Waals surface area contributed by atoms with Crippen LogP contribution in [0.1, 0.15) is 42.1 Å². The highest BCUT2D eigenvalue weighted by atomic mass is 35.5. The number of benzene rings is 2. The minimum atomic E-state index is -0.990. The molecule has 0 spiro atoms. The lowest BCUT2D eigenvalue weighted by Crippen LogP contribution is -2.55. The molecular formula is C23H26Cl2N2O3. The van der Waals surface area contributed by atoms with Gasteiger partial charge in [0, 0.05) is 28.7 Å². The number of halogens is 2. The van der Waals surface area contributed by atoms with Gasteiger partial charge in [0.05, 0.1) is 6.61 Å². The fourth-order valence-electron chi connectivity index (χ4n) is 4.11. The Balaban J connectivity index is 1.67. The van der Waals surface area contributed by atoms with Crippen molar-refractivity contribution < 1.29 is 14.7 Å². The van der Waals surface area contributed by atoms with Gasteiger partial charge in [-0.2, -0.15) is 0 Å². The van der Waals surface area contributed by atoms with Gasteiger partial charge in [0.1, 0.15) is 6.04 Å². The monoisotopic (exact) mass is 448 g/mol. The lowest BCUT2D eigenvalue weighted by atomic mass is 9.70. The Morgan fingerprint density at radius 2 is 1.67 bits per heavy atom. The van der Waals surface area contributed by atoms with Gasteiger partial charge in [-0.15, -0.1) is 0 Å². The van der Waals surface area contributed by atoms with Crippen LogP contribution in [-0.4, -0.2) is 47.6 Å². The lowest BCUT2D eigenvalue weighted by Gasteiger charge is -2.45. The molecule has 2 aromatic carbocycles. The normalized spacial score (nSPS) is 19.2. The predicted octanol–water partition coefficient (Wildman–Crippen LogP) is 4.13. The summed E-state index contributed by atoms with van der Waals surface area (Å²) in [7, 11) is 0. The van der Waals surface area contributed by atoms with Crippen molar-refractivity contribution in [2.75, 3.05) is 19.7 Å². The molecule has 1 heterocycles. The van der Waals surface area contributed by atoms with E-state index in [4.69, 9.17) is 23.2 Å². The Bertz CT molecular complexity index is 898. The van der Waals surface area contributed by atoms with E-state index in [1.807, 2.05) is 24.3 Å². The molecule has 1 fully saturated rings. The second-order valence-corrected chi connectivity index (χ2v) is 9.23. The molecule has 1 aliphatic heterocycles. The van der Waals surface area contributed by atoms with E-state index in [9.17, 15) is 14.7 Å². The third-order valence-electron chi connectivity index (χ3n) is 5.71. The molecule has 0 aliphatic carbocycles. The van der Waals surface area contributed by atoms with Gasteiger partial charge in [0.15, 0.2) is 0 Å². The molecule has 1 saturated heterocycles. The Morgan fingerprint density at radius 1 is 1.10 bits per heavy atom. The van der Waals surface area contributed by atoms with Crippen LogP contribution in [0.25, 0.3) is 0 Å². The zero-order valence-corrected chi connectivity index (χ0v) is 18.6. The molecule has 2 N–H and O–H groups in total. The van der Waals surface area contributed by atoms with Crippen LogP contribution in [0.3, 0.4) is 0 Å². The summed E-state index contributed by atoms with van der Waals surface area (Å²) in [4.78, 5) is 27.2. The average molecular weight is 449 g/mol. The average Bonchev–Trinajstić information content (AvgIpc) is 2.72. The van der Waals surface area contributed by atoms with Gasteiger partial charge in [-0.25, -0.2) is 0 Å². The molecule has 0 saturated carbocycles. The van der Waals surface area contributed by atoms with Crippen LogP contribution in [0.4, 0.5) is 0 Å². The summed E-state index contributed by atoms with van der Waals surface area (Å²) in [6, 6.07) is 13.2. The summed E-state index contributed by atoms with van der Waals surface area (Å²) >= 11 is 11.9. The molecule has 160 valence electrons. The summed E-state index contributed by atoms with van der Waals surface area (Å²) in [6.07, 6.45) is 0.795. The molecular weight excluding hydrogens is 423 g/mol. The largest absolute Gasteiger partial charge is 0.394 e. The minimum Gasteiger partial charge on any atom is -0.394 e. The maximum absolute atomic E-state index is 13.0. The number of aliphatic hydroxyl groups excluding tert-OH is 1. The van der Waals surface area contributed by atoms with Crippen LogP contribution in [0, 0.1) is 5.41 Å². The molecule has 2 aromatic rings. The number of rotatable bonds is 5. The first-order valence-electron chi connectivity index (χ1n) is 9.93. The van der Waals surface area contributed by atoms with Gasteiger partial charge < -0.3 is 15.3 Å². The van der Waals surface area contributed by atoms with E-state index in [1.165, 1.54) is 5.56 Å². The van der Waals surface area contributed by atoms with E-state index in [0.717, 1.165) is 6.42 Å². The van der Waals surface area contributed by atoms with Gasteiger partial charge in [0.2, 0.25) is 5.91 Å². The van der Waals surface area contributed by atoms with Crippen LogP contribution >= 0.6 is 23.2 Å². The van der Waals surface area contributed by atoms with Crippen molar-refractivity contribution in [3.8, 4) is 0 Å². The number of nitrogens with one attached hydrogen (secondary N) is 1. The molecule has 7 heteroatoms. The van der Waals surface area contributed by atoms with Gasteiger partial charge in [-0.1, -0.05) is 49.2 Å². The van der Waals surface area contributed by atoms with Gasteiger partial charge in [0.25, 0.3) is 5.91 Å². The number of hydrogen-bond acceptors (Lipinski definition) is 3. The first-order chi connectivity index (χ1) is 14.2. The van der Waals surface area contributed by atoms with E-state index < -0.39 is 18.6 Å². The van der Waals surface area contributed by atoms with Gasteiger partial charge in [-0.3, -0.25) is 9.59 Å². The molecule has 2 atom stereocenters. The van der Waals surface area contributed by atoms with Crippen molar-refractivity contribution >= 4 is 35.0 Å². The number of piperidine rings is 1. The molecule has 1 aliphatic rings. The quantitative estimate of drug-likeness (QED) is 0.722. The third-order valence-corrected chi connectivity index (χ3v) is 6.21. The Morgan fingerprint density at radius 3 is 2.20 bits per heavy atom. The predicted molar refractivity (Wildman–Crippen MR) is 119 cm³/mol. The van der Waals surface area contributed by atoms with Crippen molar-refractivity contribution in [3.63, 3.8) is 0 Å². The van der Waals surface area contributed by atoms with E-state index in [0.29, 0.717) is 28.7 Å². The molecule has 5 nitrogen and oxygen atoms in total. The van der Waals surface area contributed by atoms with Crippen LogP contribution in [0.2, 0.25) is 10.0 Å². The van der Waals surface area contributed by atoms with Crippen LogP contribution in [0.15, 0.2) is 48.5 Å². The van der Waals surface area contributed by atoms with Crippen molar-refractivity contribution in [2.45, 2.75) is 32.2 Å². The highest BCUT2D eigenvalue weighted by Crippen LogP contribution is 2.42. The maximum Gasteiger partial charge on any atom is 0.251 e. The van der Waals surface area contributed by atoms with E-state index >= 15 is 0 Å². The maximum atomic E-state index is 13.0. The fraction of sp³-hybridized carbons (Fsp3) is 0.391. The minimum absolute atomic E-state index is 0.165. The second kappa shape index (κ2) is 9.38. The van der Waals surface area contributed by atoms with Crippen molar-refractivity contribution in [3.05, 3.63) is 69.7 Å². The lowest BCUT2D eigenvalue weighted by molar-refractivity contribution is -0.137. The van der Waals surface area contributed by atoms with Crippen LogP contribution < -0.4 is 5.32 Å². The van der Waals surface area contributed by atoms with Gasteiger partial charge in [-0.05, 0) is 59.7 Å². The Kier molecular flexibility index (Phi) is 7.06. The number of likely N-dealkylation sites (tertiary alicyclic amines) is 1. The highest BCUT2D eigenvalue weighted by Gasteiger charge is 2.39. The molecule has 0 bridgehead atoms. The number of carbonyl (C=O) groups is 2. The van der Waals surface area contributed by atoms with Crippen molar-refractivity contribution in [1.29, 1.82) is 0 Å². The Labute approximate surface area is 187 Å². The number of aliphatic hydroxyl groups is 1.